The largest absolute Gasteiger partial charge is 0.382 e. The SMILES string of the molecule is Cc1cc(NC(C)CC(C)Br)ccn1. The zero-order valence-corrected chi connectivity index (χ0v) is 10.5. The maximum Gasteiger partial charge on any atom is 0.0393 e. The van der Waals surface area contributed by atoms with Gasteiger partial charge in [0, 0.05) is 28.4 Å². The number of anilines is 1. The van der Waals surface area contributed by atoms with Gasteiger partial charge >= 0.3 is 0 Å². The summed E-state index contributed by atoms with van der Waals surface area (Å²) in [4.78, 5) is 4.71. The highest BCUT2D eigenvalue weighted by Gasteiger charge is 2.05. The Balaban J connectivity index is 2.51. The topological polar surface area (TPSA) is 24.9 Å². The quantitative estimate of drug-likeness (QED) is 0.836. The molecule has 0 saturated carbocycles. The van der Waals surface area contributed by atoms with Crippen molar-refractivity contribution in [2.45, 2.75) is 38.1 Å². The third kappa shape index (κ3) is 4.09. The van der Waals surface area contributed by atoms with Crippen LogP contribution in [0.1, 0.15) is 26.0 Å². The fourth-order valence-corrected chi connectivity index (χ4v) is 2.03. The molecule has 0 radical (unpaired) electrons. The van der Waals surface area contributed by atoms with Gasteiger partial charge in [-0.15, -0.1) is 0 Å². The van der Waals surface area contributed by atoms with E-state index in [-0.39, 0.29) is 0 Å². The molecule has 0 bridgehead atoms. The van der Waals surface area contributed by atoms with Crippen molar-refractivity contribution in [1.82, 2.24) is 4.98 Å². The number of hydrogen-bond acceptors (Lipinski definition) is 2. The highest BCUT2D eigenvalue weighted by molar-refractivity contribution is 9.09. The van der Waals surface area contributed by atoms with E-state index >= 15 is 0 Å². The molecule has 0 aliphatic carbocycles. The summed E-state index contributed by atoms with van der Waals surface area (Å²) in [5.74, 6) is 0. The average Bonchev–Trinajstić information content (AvgIpc) is 2.01. The number of alkyl halides is 1. The van der Waals surface area contributed by atoms with Crippen molar-refractivity contribution in [2.24, 2.45) is 0 Å². The fourth-order valence-electron chi connectivity index (χ4n) is 1.47. The molecule has 0 saturated heterocycles. The molecule has 2 nitrogen and oxygen atoms in total. The molecule has 78 valence electrons. The smallest absolute Gasteiger partial charge is 0.0393 e. The fraction of sp³-hybridized carbons (Fsp3) is 0.545. The molecule has 0 fully saturated rings. The predicted octanol–water partition coefficient (Wildman–Crippen LogP) is 3.36. The maximum absolute atomic E-state index is 4.16. The lowest BCUT2D eigenvalue weighted by atomic mass is 10.2. The van der Waals surface area contributed by atoms with Gasteiger partial charge in [0.25, 0.3) is 0 Å². The molecule has 1 heterocycles. The molecule has 0 spiro atoms. The van der Waals surface area contributed by atoms with E-state index in [1.807, 2.05) is 19.2 Å². The van der Waals surface area contributed by atoms with Gasteiger partial charge in [0.2, 0.25) is 0 Å². The van der Waals surface area contributed by atoms with Crippen LogP contribution in [0.4, 0.5) is 5.69 Å². The van der Waals surface area contributed by atoms with E-state index in [2.05, 4.69) is 46.1 Å². The van der Waals surface area contributed by atoms with Crippen LogP contribution in [0.3, 0.4) is 0 Å². The number of aromatic nitrogens is 1. The van der Waals surface area contributed by atoms with Crippen LogP contribution in [-0.4, -0.2) is 15.9 Å². The van der Waals surface area contributed by atoms with Gasteiger partial charge in [-0.25, -0.2) is 0 Å². The molecule has 14 heavy (non-hydrogen) atoms. The molecule has 0 aliphatic heterocycles. The van der Waals surface area contributed by atoms with E-state index in [0.717, 1.165) is 17.8 Å². The number of hydrogen-bond donors (Lipinski definition) is 1. The zero-order valence-electron chi connectivity index (χ0n) is 8.92. The highest BCUT2D eigenvalue weighted by Crippen LogP contribution is 2.13. The molecule has 0 aromatic carbocycles. The monoisotopic (exact) mass is 256 g/mol. The summed E-state index contributed by atoms with van der Waals surface area (Å²) < 4.78 is 0. The molecule has 0 amide bonds. The second-order valence-electron chi connectivity index (χ2n) is 3.75. The molecule has 1 aromatic heterocycles. The van der Waals surface area contributed by atoms with Crippen molar-refractivity contribution in [3.63, 3.8) is 0 Å². The summed E-state index contributed by atoms with van der Waals surface area (Å²) in [6, 6.07) is 4.55. The van der Waals surface area contributed by atoms with Crippen LogP contribution < -0.4 is 5.32 Å². The van der Waals surface area contributed by atoms with Gasteiger partial charge in [-0.05, 0) is 32.4 Å². The summed E-state index contributed by atoms with van der Waals surface area (Å²) in [5.41, 5.74) is 2.20. The van der Waals surface area contributed by atoms with E-state index in [1.165, 1.54) is 0 Å². The lowest BCUT2D eigenvalue weighted by molar-refractivity contribution is 0.708. The van der Waals surface area contributed by atoms with Crippen molar-refractivity contribution < 1.29 is 0 Å². The van der Waals surface area contributed by atoms with Gasteiger partial charge in [0.1, 0.15) is 0 Å². The Morgan fingerprint density at radius 3 is 2.79 bits per heavy atom. The van der Waals surface area contributed by atoms with Crippen LogP contribution in [0.5, 0.6) is 0 Å². The predicted molar refractivity (Wildman–Crippen MR) is 65.1 cm³/mol. The average molecular weight is 257 g/mol. The minimum Gasteiger partial charge on any atom is -0.382 e. The molecular formula is C11H17BrN2. The normalized spacial score (nSPS) is 14.9. The van der Waals surface area contributed by atoms with E-state index < -0.39 is 0 Å². The Hall–Kier alpha value is -0.570. The number of nitrogens with zero attached hydrogens (tertiary/aromatic N) is 1. The summed E-state index contributed by atoms with van der Waals surface area (Å²) in [6.07, 6.45) is 2.95. The highest BCUT2D eigenvalue weighted by atomic mass is 79.9. The van der Waals surface area contributed by atoms with Crippen LogP contribution in [-0.2, 0) is 0 Å². The van der Waals surface area contributed by atoms with Gasteiger partial charge in [-0.2, -0.15) is 0 Å². The van der Waals surface area contributed by atoms with Gasteiger partial charge in [0.15, 0.2) is 0 Å². The Bertz CT molecular complexity index is 286. The summed E-state index contributed by atoms with van der Waals surface area (Å²) in [5, 5.41) is 3.44. The van der Waals surface area contributed by atoms with Gasteiger partial charge in [0.05, 0.1) is 0 Å². The van der Waals surface area contributed by atoms with Crippen LogP contribution >= 0.6 is 15.9 Å². The third-order valence-corrected chi connectivity index (χ3v) is 2.36. The Kier molecular flexibility index (Phi) is 4.39. The second kappa shape index (κ2) is 5.35. The first kappa shape index (κ1) is 11.5. The first-order chi connectivity index (χ1) is 6.58. The number of aryl methyl sites for hydroxylation is 1. The first-order valence-electron chi connectivity index (χ1n) is 4.91. The minimum absolute atomic E-state index is 0.478. The van der Waals surface area contributed by atoms with Gasteiger partial charge < -0.3 is 5.32 Å². The van der Waals surface area contributed by atoms with Gasteiger partial charge in [-0.1, -0.05) is 22.9 Å². The number of rotatable bonds is 4. The third-order valence-electron chi connectivity index (χ3n) is 1.99. The van der Waals surface area contributed by atoms with E-state index in [1.54, 1.807) is 0 Å². The van der Waals surface area contributed by atoms with Crippen molar-refractivity contribution in [1.29, 1.82) is 0 Å². The Morgan fingerprint density at radius 2 is 2.21 bits per heavy atom. The molecule has 2 unspecified atom stereocenters. The number of pyridine rings is 1. The van der Waals surface area contributed by atoms with E-state index in [9.17, 15) is 0 Å². The van der Waals surface area contributed by atoms with Crippen molar-refractivity contribution in [3.8, 4) is 0 Å². The molecule has 3 heteroatoms. The first-order valence-corrected chi connectivity index (χ1v) is 5.82. The Morgan fingerprint density at radius 1 is 1.50 bits per heavy atom. The molecule has 1 N–H and O–H groups in total. The molecular weight excluding hydrogens is 240 g/mol. The van der Waals surface area contributed by atoms with Crippen LogP contribution in [0, 0.1) is 6.92 Å². The van der Waals surface area contributed by atoms with E-state index in [0.29, 0.717) is 10.9 Å². The molecule has 0 aliphatic rings. The standard InChI is InChI=1S/C11H17BrN2/c1-8(12)6-10(3)14-11-4-5-13-9(2)7-11/h4-5,7-8,10H,6H2,1-3H3,(H,13,14). The lowest BCUT2D eigenvalue weighted by Gasteiger charge is -2.16. The summed E-state index contributed by atoms with van der Waals surface area (Å²) in [6.45, 7) is 6.35. The maximum atomic E-state index is 4.16. The number of halogens is 1. The van der Waals surface area contributed by atoms with Crippen molar-refractivity contribution >= 4 is 21.6 Å². The molecule has 1 rings (SSSR count). The Labute approximate surface area is 94.3 Å². The molecule has 2 atom stereocenters. The van der Waals surface area contributed by atoms with Crippen molar-refractivity contribution in [2.75, 3.05) is 5.32 Å². The van der Waals surface area contributed by atoms with Crippen molar-refractivity contribution in [3.05, 3.63) is 24.0 Å². The van der Waals surface area contributed by atoms with Crippen LogP contribution in [0.2, 0.25) is 0 Å². The summed E-state index contributed by atoms with van der Waals surface area (Å²) in [7, 11) is 0. The summed E-state index contributed by atoms with van der Waals surface area (Å²) >= 11 is 3.55. The number of nitrogens with one attached hydrogen (secondary N) is 1. The second-order valence-corrected chi connectivity index (χ2v) is 5.31. The molecule has 1 aromatic rings. The van der Waals surface area contributed by atoms with Crippen LogP contribution in [0.15, 0.2) is 18.3 Å². The van der Waals surface area contributed by atoms with Crippen LogP contribution in [0.25, 0.3) is 0 Å². The minimum atomic E-state index is 0.478. The lowest BCUT2D eigenvalue weighted by Crippen LogP contribution is -2.18. The zero-order chi connectivity index (χ0) is 10.6. The van der Waals surface area contributed by atoms with E-state index in [4.69, 9.17) is 0 Å². The van der Waals surface area contributed by atoms with Gasteiger partial charge in [-0.3, -0.25) is 4.98 Å².